The van der Waals surface area contributed by atoms with Crippen molar-refractivity contribution >= 4 is 38.3 Å². The number of carbonyl (C=O) groups excluding carboxylic acids is 1. The molecule has 0 radical (unpaired) electrons. The average Bonchev–Trinajstić information content (AvgIpc) is 2.77. The van der Waals surface area contributed by atoms with E-state index in [0.29, 0.717) is 5.56 Å². The molecule has 5 rings (SSSR count). The number of terminal acetylenes is 1. The van der Waals surface area contributed by atoms with E-state index in [1.54, 1.807) is 24.3 Å². The summed E-state index contributed by atoms with van der Waals surface area (Å²) >= 11 is 0. The van der Waals surface area contributed by atoms with Gasteiger partial charge in [-0.25, -0.2) is 4.79 Å². The van der Waals surface area contributed by atoms with Crippen LogP contribution in [0.15, 0.2) is 78.9 Å². The second-order valence-electron chi connectivity index (χ2n) is 7.28. The lowest BCUT2D eigenvalue weighted by Gasteiger charge is -2.18. The molecular formula is C27H18O2. The van der Waals surface area contributed by atoms with Crippen LogP contribution in [-0.4, -0.2) is 5.97 Å². The van der Waals surface area contributed by atoms with Crippen molar-refractivity contribution in [1.29, 1.82) is 0 Å². The van der Waals surface area contributed by atoms with Crippen LogP contribution in [0.5, 0.6) is 0 Å². The lowest BCUT2D eigenvalue weighted by molar-refractivity contribution is 0.0341. The van der Waals surface area contributed by atoms with Gasteiger partial charge >= 0.3 is 5.97 Å². The molecule has 1 atom stereocenters. The molecule has 0 bridgehead atoms. The fourth-order valence-corrected chi connectivity index (χ4v) is 4.11. The van der Waals surface area contributed by atoms with Crippen LogP contribution in [0.4, 0.5) is 0 Å². The van der Waals surface area contributed by atoms with E-state index in [4.69, 9.17) is 11.2 Å². The van der Waals surface area contributed by atoms with Gasteiger partial charge in [-0.1, -0.05) is 60.5 Å². The first kappa shape index (κ1) is 17.3. The van der Waals surface area contributed by atoms with Crippen LogP contribution in [0.3, 0.4) is 0 Å². The van der Waals surface area contributed by atoms with Gasteiger partial charge in [0.2, 0.25) is 0 Å². The normalized spacial score (nSPS) is 12.3. The van der Waals surface area contributed by atoms with E-state index in [9.17, 15) is 4.79 Å². The van der Waals surface area contributed by atoms with Gasteiger partial charge in [-0.05, 0) is 63.5 Å². The highest BCUT2D eigenvalue weighted by Crippen LogP contribution is 2.38. The van der Waals surface area contributed by atoms with Crippen LogP contribution < -0.4 is 0 Å². The second kappa shape index (κ2) is 6.65. The van der Waals surface area contributed by atoms with Crippen LogP contribution in [0.2, 0.25) is 0 Å². The zero-order chi connectivity index (χ0) is 20.0. The first-order valence-electron chi connectivity index (χ1n) is 9.60. The lowest BCUT2D eigenvalue weighted by Crippen LogP contribution is -2.09. The molecule has 0 N–H and O–H groups in total. The Bertz CT molecular complexity index is 1390. The van der Waals surface area contributed by atoms with E-state index in [1.807, 2.05) is 6.92 Å². The number of hydrogen-bond acceptors (Lipinski definition) is 2. The van der Waals surface area contributed by atoms with Crippen molar-refractivity contribution in [2.45, 2.75) is 13.0 Å². The molecule has 5 aromatic rings. The van der Waals surface area contributed by atoms with Gasteiger partial charge in [-0.3, -0.25) is 0 Å². The summed E-state index contributed by atoms with van der Waals surface area (Å²) < 4.78 is 5.80. The smallest absolute Gasteiger partial charge is 0.338 e. The van der Waals surface area contributed by atoms with Crippen molar-refractivity contribution in [1.82, 2.24) is 0 Å². The SMILES string of the molecule is C#Cc1ccc(C(=O)O[C@H](C)c2ccc3ccc4cccc5ccc2c3c45)cc1. The second-order valence-corrected chi connectivity index (χ2v) is 7.28. The molecule has 2 heteroatoms. The van der Waals surface area contributed by atoms with Crippen molar-refractivity contribution in [3.05, 3.63) is 95.6 Å². The van der Waals surface area contributed by atoms with Gasteiger partial charge in [0.05, 0.1) is 5.56 Å². The predicted molar refractivity (Wildman–Crippen MR) is 118 cm³/mol. The van der Waals surface area contributed by atoms with Gasteiger partial charge in [-0.15, -0.1) is 6.42 Å². The molecule has 0 aliphatic heterocycles. The van der Waals surface area contributed by atoms with Crippen LogP contribution in [0, 0.1) is 12.3 Å². The maximum absolute atomic E-state index is 12.6. The minimum atomic E-state index is -0.376. The summed E-state index contributed by atoms with van der Waals surface area (Å²) in [4.78, 5) is 12.6. The summed E-state index contributed by atoms with van der Waals surface area (Å²) in [7, 11) is 0. The van der Waals surface area contributed by atoms with Crippen LogP contribution in [-0.2, 0) is 4.74 Å². The van der Waals surface area contributed by atoms with Crippen molar-refractivity contribution in [2.24, 2.45) is 0 Å². The van der Waals surface area contributed by atoms with E-state index in [2.05, 4.69) is 60.5 Å². The van der Waals surface area contributed by atoms with E-state index in [-0.39, 0.29) is 12.1 Å². The van der Waals surface area contributed by atoms with Gasteiger partial charge in [-0.2, -0.15) is 0 Å². The van der Waals surface area contributed by atoms with Crippen LogP contribution >= 0.6 is 0 Å². The fraction of sp³-hybridized carbons (Fsp3) is 0.0741. The first-order valence-corrected chi connectivity index (χ1v) is 9.60. The van der Waals surface area contributed by atoms with Crippen molar-refractivity contribution < 1.29 is 9.53 Å². The van der Waals surface area contributed by atoms with Crippen molar-refractivity contribution in [3.63, 3.8) is 0 Å². The Morgan fingerprint density at radius 3 is 2.14 bits per heavy atom. The number of benzene rings is 5. The molecule has 0 fully saturated rings. The topological polar surface area (TPSA) is 26.3 Å². The molecule has 0 aliphatic carbocycles. The molecule has 0 saturated heterocycles. The summed E-state index contributed by atoms with van der Waals surface area (Å²) in [6.07, 6.45) is 5.01. The Kier molecular flexibility index (Phi) is 3.96. The largest absolute Gasteiger partial charge is 0.454 e. The molecule has 0 unspecified atom stereocenters. The van der Waals surface area contributed by atoms with E-state index >= 15 is 0 Å². The van der Waals surface area contributed by atoms with Gasteiger partial charge in [0.25, 0.3) is 0 Å². The minimum Gasteiger partial charge on any atom is -0.454 e. The standard InChI is InChI=1S/C27H18O2/c1-3-18-7-9-22(10-8-18)27(28)29-17(2)23-15-13-21-12-11-19-5-4-6-20-14-16-24(23)26(21)25(19)20/h1,4-17H,2H3/t17-/m1/s1. The monoisotopic (exact) mass is 374 g/mol. The molecule has 2 nitrogen and oxygen atoms in total. The summed E-state index contributed by atoms with van der Waals surface area (Å²) in [6.45, 7) is 1.92. The highest BCUT2D eigenvalue weighted by atomic mass is 16.5. The van der Waals surface area contributed by atoms with E-state index < -0.39 is 0 Å². The molecule has 29 heavy (non-hydrogen) atoms. The summed E-state index contributed by atoms with van der Waals surface area (Å²) in [5, 5.41) is 7.23. The summed E-state index contributed by atoms with van der Waals surface area (Å²) in [5.74, 6) is 2.20. The molecule has 0 aliphatic rings. The number of esters is 1. The first-order chi connectivity index (χ1) is 14.2. The third-order valence-electron chi connectivity index (χ3n) is 5.57. The number of ether oxygens (including phenoxy) is 1. The van der Waals surface area contributed by atoms with E-state index in [0.717, 1.165) is 16.5 Å². The Morgan fingerprint density at radius 2 is 1.45 bits per heavy atom. The van der Waals surface area contributed by atoms with Gasteiger partial charge in [0.1, 0.15) is 6.10 Å². The molecule has 138 valence electrons. The number of carbonyl (C=O) groups is 1. The summed E-state index contributed by atoms with van der Waals surface area (Å²) in [6, 6.07) is 26.0. The molecular weight excluding hydrogens is 356 g/mol. The van der Waals surface area contributed by atoms with Crippen LogP contribution in [0.1, 0.15) is 34.5 Å². The number of rotatable bonds is 3. The summed E-state index contributed by atoms with van der Waals surface area (Å²) in [5.41, 5.74) is 2.24. The zero-order valence-corrected chi connectivity index (χ0v) is 16.0. The molecule has 5 aromatic carbocycles. The van der Waals surface area contributed by atoms with Crippen molar-refractivity contribution in [3.8, 4) is 12.3 Å². The maximum atomic E-state index is 12.6. The molecule has 0 saturated carbocycles. The molecule has 0 spiro atoms. The Labute approximate surface area is 169 Å². The Morgan fingerprint density at radius 1 is 0.828 bits per heavy atom. The van der Waals surface area contributed by atoms with Gasteiger partial charge < -0.3 is 4.74 Å². The quantitative estimate of drug-likeness (QED) is 0.205. The highest BCUT2D eigenvalue weighted by Gasteiger charge is 2.18. The zero-order valence-electron chi connectivity index (χ0n) is 16.0. The lowest BCUT2D eigenvalue weighted by atomic mass is 9.91. The fourth-order valence-electron chi connectivity index (χ4n) is 4.11. The highest BCUT2D eigenvalue weighted by molar-refractivity contribution is 6.23. The third-order valence-corrected chi connectivity index (χ3v) is 5.57. The third kappa shape index (κ3) is 2.80. The van der Waals surface area contributed by atoms with Gasteiger partial charge in [0.15, 0.2) is 0 Å². The predicted octanol–water partition coefficient (Wildman–Crippen LogP) is 6.48. The maximum Gasteiger partial charge on any atom is 0.338 e. The Hall–Kier alpha value is -3.83. The van der Waals surface area contributed by atoms with Gasteiger partial charge in [0, 0.05) is 11.1 Å². The van der Waals surface area contributed by atoms with Crippen molar-refractivity contribution in [2.75, 3.05) is 0 Å². The average molecular weight is 374 g/mol. The molecule has 0 amide bonds. The van der Waals surface area contributed by atoms with E-state index in [1.165, 1.54) is 26.9 Å². The van der Waals surface area contributed by atoms with Crippen LogP contribution in [0.25, 0.3) is 32.3 Å². The molecule has 0 heterocycles. The minimum absolute atomic E-state index is 0.355. The number of hydrogen-bond donors (Lipinski definition) is 0. The molecule has 0 aromatic heterocycles. The Balaban J connectivity index is 1.57.